The first kappa shape index (κ1) is 11.7. The van der Waals surface area contributed by atoms with Gasteiger partial charge in [0, 0.05) is 4.47 Å². The van der Waals surface area contributed by atoms with Gasteiger partial charge < -0.3 is 0 Å². The van der Waals surface area contributed by atoms with Crippen molar-refractivity contribution < 1.29 is 0 Å². The molecule has 1 aromatic heterocycles. The van der Waals surface area contributed by atoms with Crippen molar-refractivity contribution in [1.82, 2.24) is 3.96 Å². The Hall–Kier alpha value is -1.39. The third-order valence-electron chi connectivity index (χ3n) is 2.81. The first-order valence-electron chi connectivity index (χ1n) is 5.54. The number of hydrogen-bond acceptors (Lipinski definition) is 2. The average molecular weight is 320 g/mol. The largest absolute Gasteiger partial charge is 0.273 e. The van der Waals surface area contributed by atoms with Gasteiger partial charge in [0.1, 0.15) is 0 Å². The quantitative estimate of drug-likeness (QED) is 0.661. The number of nitrogens with zero attached hydrogens (tertiary/aromatic N) is 1. The van der Waals surface area contributed by atoms with E-state index in [0.29, 0.717) is 0 Å². The maximum absolute atomic E-state index is 12.3. The second kappa shape index (κ2) is 4.37. The number of halogens is 1. The standard InChI is InChI=1S/C14H10BrNOS/c1-9-6-7-12(11(15)8-9)16-14(17)10-4-2-3-5-13(10)18-16/h2-8H,1H3. The Balaban J connectivity index is 2.32. The summed E-state index contributed by atoms with van der Waals surface area (Å²) in [6.45, 7) is 2.03. The fraction of sp³-hybridized carbons (Fsp3) is 0.0714. The lowest BCUT2D eigenvalue weighted by Crippen LogP contribution is -2.11. The Labute approximate surface area is 117 Å². The van der Waals surface area contributed by atoms with E-state index < -0.39 is 0 Å². The van der Waals surface area contributed by atoms with Gasteiger partial charge >= 0.3 is 0 Å². The Morgan fingerprint density at radius 3 is 2.67 bits per heavy atom. The predicted octanol–water partition coefficient (Wildman–Crippen LogP) is 4.12. The Bertz CT molecular complexity index is 788. The molecule has 18 heavy (non-hydrogen) atoms. The van der Waals surface area contributed by atoms with E-state index in [1.807, 2.05) is 49.4 Å². The fourth-order valence-electron chi connectivity index (χ4n) is 1.91. The number of aromatic nitrogens is 1. The summed E-state index contributed by atoms with van der Waals surface area (Å²) in [6, 6.07) is 13.7. The van der Waals surface area contributed by atoms with Gasteiger partial charge in [-0.3, -0.25) is 4.79 Å². The number of fused-ring (bicyclic) bond motifs is 1. The monoisotopic (exact) mass is 319 g/mol. The topological polar surface area (TPSA) is 22.0 Å². The van der Waals surface area contributed by atoms with Crippen molar-refractivity contribution in [2.45, 2.75) is 6.92 Å². The van der Waals surface area contributed by atoms with Gasteiger partial charge in [-0.1, -0.05) is 29.7 Å². The van der Waals surface area contributed by atoms with E-state index in [1.165, 1.54) is 17.1 Å². The summed E-state index contributed by atoms with van der Waals surface area (Å²) in [5.74, 6) is 0. The maximum atomic E-state index is 12.3. The van der Waals surface area contributed by atoms with Crippen molar-refractivity contribution in [2.75, 3.05) is 0 Å². The molecule has 0 aliphatic heterocycles. The molecule has 4 heteroatoms. The highest BCUT2D eigenvalue weighted by Crippen LogP contribution is 2.26. The van der Waals surface area contributed by atoms with E-state index in [1.54, 1.807) is 3.96 Å². The molecule has 0 aliphatic rings. The van der Waals surface area contributed by atoms with E-state index in [9.17, 15) is 4.79 Å². The van der Waals surface area contributed by atoms with E-state index >= 15 is 0 Å². The van der Waals surface area contributed by atoms with Crippen LogP contribution >= 0.6 is 27.5 Å². The van der Waals surface area contributed by atoms with Crippen LogP contribution in [0.3, 0.4) is 0 Å². The number of benzene rings is 2. The molecule has 0 bridgehead atoms. The van der Waals surface area contributed by atoms with E-state index in [4.69, 9.17) is 0 Å². The number of hydrogen-bond donors (Lipinski definition) is 0. The lowest BCUT2D eigenvalue weighted by molar-refractivity contribution is 1.13. The first-order chi connectivity index (χ1) is 8.66. The van der Waals surface area contributed by atoms with Crippen molar-refractivity contribution in [3.05, 3.63) is 62.9 Å². The van der Waals surface area contributed by atoms with Crippen molar-refractivity contribution >= 4 is 37.5 Å². The molecule has 90 valence electrons. The molecule has 0 fully saturated rings. The highest BCUT2D eigenvalue weighted by Gasteiger charge is 2.10. The van der Waals surface area contributed by atoms with E-state index in [-0.39, 0.29) is 5.56 Å². The Kier molecular flexibility index (Phi) is 2.84. The molecule has 2 nitrogen and oxygen atoms in total. The summed E-state index contributed by atoms with van der Waals surface area (Å²) in [4.78, 5) is 12.3. The normalized spacial score (nSPS) is 11.0. The zero-order valence-electron chi connectivity index (χ0n) is 9.68. The zero-order valence-corrected chi connectivity index (χ0v) is 12.1. The van der Waals surface area contributed by atoms with Crippen molar-refractivity contribution in [3.63, 3.8) is 0 Å². The van der Waals surface area contributed by atoms with Crippen LogP contribution in [0.5, 0.6) is 0 Å². The van der Waals surface area contributed by atoms with Crippen LogP contribution in [0.1, 0.15) is 5.56 Å². The van der Waals surface area contributed by atoms with Crippen LogP contribution in [-0.2, 0) is 0 Å². The van der Waals surface area contributed by atoms with Gasteiger partial charge in [0.15, 0.2) is 0 Å². The van der Waals surface area contributed by atoms with E-state index in [2.05, 4.69) is 15.9 Å². The second-order valence-electron chi connectivity index (χ2n) is 4.14. The van der Waals surface area contributed by atoms with Crippen LogP contribution in [0.4, 0.5) is 0 Å². The van der Waals surface area contributed by atoms with Crippen molar-refractivity contribution in [2.24, 2.45) is 0 Å². The average Bonchev–Trinajstić information content (AvgIpc) is 2.68. The minimum Gasteiger partial charge on any atom is -0.267 e. The predicted molar refractivity (Wildman–Crippen MR) is 79.9 cm³/mol. The molecule has 0 unspecified atom stereocenters. The van der Waals surface area contributed by atoms with Gasteiger partial charge in [-0.2, -0.15) is 0 Å². The van der Waals surface area contributed by atoms with Crippen molar-refractivity contribution in [3.8, 4) is 5.69 Å². The summed E-state index contributed by atoms with van der Waals surface area (Å²) < 4.78 is 3.68. The smallest absolute Gasteiger partial charge is 0.267 e. The second-order valence-corrected chi connectivity index (χ2v) is 5.98. The number of rotatable bonds is 1. The minimum atomic E-state index is 0.0418. The fourth-order valence-corrected chi connectivity index (χ4v) is 3.72. The SMILES string of the molecule is Cc1ccc(-n2sc3ccccc3c2=O)c(Br)c1. The van der Waals surface area contributed by atoms with Crippen LogP contribution in [-0.4, -0.2) is 3.96 Å². The van der Waals surface area contributed by atoms with E-state index in [0.717, 1.165) is 20.2 Å². The van der Waals surface area contributed by atoms with Gasteiger partial charge in [0.05, 0.1) is 15.8 Å². The molecular formula is C14H10BrNOS. The van der Waals surface area contributed by atoms with Gasteiger partial charge in [-0.15, -0.1) is 0 Å². The van der Waals surface area contributed by atoms with Crippen LogP contribution in [0.25, 0.3) is 15.8 Å². The summed E-state index contributed by atoms with van der Waals surface area (Å²) >= 11 is 4.99. The lowest BCUT2D eigenvalue weighted by atomic mass is 10.2. The molecule has 0 radical (unpaired) electrons. The molecule has 1 heterocycles. The minimum absolute atomic E-state index is 0.0418. The zero-order chi connectivity index (χ0) is 12.7. The summed E-state index contributed by atoms with van der Waals surface area (Å²) in [5, 5.41) is 0.773. The summed E-state index contributed by atoms with van der Waals surface area (Å²) in [5.41, 5.74) is 2.10. The molecule has 0 aliphatic carbocycles. The third-order valence-corrected chi connectivity index (χ3v) is 4.55. The van der Waals surface area contributed by atoms with Crippen LogP contribution in [0.2, 0.25) is 0 Å². The molecule has 3 rings (SSSR count). The van der Waals surface area contributed by atoms with Crippen LogP contribution in [0.15, 0.2) is 51.7 Å². The molecule has 0 N–H and O–H groups in total. The molecule has 0 saturated heterocycles. The first-order valence-corrected chi connectivity index (χ1v) is 7.11. The van der Waals surface area contributed by atoms with Gasteiger partial charge in [0.25, 0.3) is 5.56 Å². The summed E-state index contributed by atoms with van der Waals surface area (Å²) in [6.07, 6.45) is 0. The molecule has 3 aromatic rings. The maximum Gasteiger partial charge on any atom is 0.273 e. The van der Waals surface area contributed by atoms with Crippen molar-refractivity contribution in [1.29, 1.82) is 0 Å². The number of aryl methyl sites for hydroxylation is 1. The molecular weight excluding hydrogens is 310 g/mol. The van der Waals surface area contributed by atoms with Gasteiger partial charge in [0.2, 0.25) is 0 Å². The Morgan fingerprint density at radius 1 is 1.17 bits per heavy atom. The lowest BCUT2D eigenvalue weighted by Gasteiger charge is -2.04. The van der Waals surface area contributed by atoms with Gasteiger partial charge in [-0.05, 0) is 52.7 Å². The highest BCUT2D eigenvalue weighted by atomic mass is 79.9. The van der Waals surface area contributed by atoms with Crippen LogP contribution in [0, 0.1) is 6.92 Å². The molecule has 0 atom stereocenters. The summed E-state index contributed by atoms with van der Waals surface area (Å²) in [7, 11) is 0. The van der Waals surface area contributed by atoms with Gasteiger partial charge in [-0.25, -0.2) is 3.96 Å². The molecule has 0 saturated carbocycles. The third kappa shape index (κ3) is 1.82. The Morgan fingerprint density at radius 2 is 1.94 bits per heavy atom. The highest BCUT2D eigenvalue weighted by molar-refractivity contribution is 9.10. The molecule has 0 spiro atoms. The molecule has 2 aromatic carbocycles. The molecule has 0 amide bonds. The van der Waals surface area contributed by atoms with Crippen LogP contribution < -0.4 is 5.56 Å².